The van der Waals surface area contributed by atoms with Crippen LogP contribution in [0.15, 0.2) is 43.0 Å². The number of carbonyl (C=O) groups excluding carboxylic acids is 1. The van der Waals surface area contributed by atoms with Gasteiger partial charge in [0.15, 0.2) is 0 Å². The number of amides is 1. The first-order valence-corrected chi connectivity index (χ1v) is 6.98. The lowest BCUT2D eigenvalue weighted by molar-refractivity contribution is -0.137. The maximum absolute atomic E-state index is 12.5. The van der Waals surface area contributed by atoms with E-state index in [9.17, 15) is 18.0 Å². The molecule has 2 rings (SSSR count). The summed E-state index contributed by atoms with van der Waals surface area (Å²) in [7, 11) is 0. The minimum atomic E-state index is -4.39. The number of halogens is 3. The van der Waals surface area contributed by atoms with Crippen LogP contribution in [0.5, 0.6) is 0 Å². The summed E-state index contributed by atoms with van der Waals surface area (Å²) in [5, 5.41) is 5.38. The summed E-state index contributed by atoms with van der Waals surface area (Å²) in [6.07, 6.45) is -2.86. The van der Waals surface area contributed by atoms with Crippen LogP contribution in [0.3, 0.4) is 0 Å². The summed E-state index contributed by atoms with van der Waals surface area (Å²) >= 11 is 0. The fraction of sp³-hybridized carbons (Fsp3) is 0.188. The van der Waals surface area contributed by atoms with Crippen LogP contribution in [0.2, 0.25) is 0 Å². The molecule has 0 aliphatic heterocycles. The van der Waals surface area contributed by atoms with Crippen LogP contribution in [0.4, 0.5) is 24.8 Å². The number of anilines is 2. The fourth-order valence-corrected chi connectivity index (χ4v) is 1.87. The van der Waals surface area contributed by atoms with Gasteiger partial charge in [-0.2, -0.15) is 13.2 Å². The van der Waals surface area contributed by atoms with Crippen LogP contribution < -0.4 is 10.6 Å². The second-order valence-corrected chi connectivity index (χ2v) is 4.92. The number of benzene rings is 1. The predicted molar refractivity (Wildman–Crippen MR) is 84.0 cm³/mol. The Morgan fingerprint density at radius 2 is 1.92 bits per heavy atom. The third kappa shape index (κ3) is 4.55. The molecule has 2 aromatic rings. The summed E-state index contributed by atoms with van der Waals surface area (Å²) in [6.45, 7) is 5.48. The van der Waals surface area contributed by atoms with Gasteiger partial charge in [-0.1, -0.05) is 6.08 Å². The van der Waals surface area contributed by atoms with Gasteiger partial charge < -0.3 is 10.6 Å². The molecule has 0 saturated carbocycles. The topological polar surface area (TPSA) is 66.9 Å². The highest BCUT2D eigenvalue weighted by Crippen LogP contribution is 2.30. The molecule has 0 saturated heterocycles. The van der Waals surface area contributed by atoms with Gasteiger partial charge in [-0.15, -0.1) is 6.58 Å². The van der Waals surface area contributed by atoms with Crippen molar-refractivity contribution in [3.63, 3.8) is 0 Å². The molecular formula is C16H15F3N4O. The smallest absolute Gasteiger partial charge is 0.347 e. The van der Waals surface area contributed by atoms with E-state index < -0.39 is 17.6 Å². The number of aromatic nitrogens is 2. The first-order chi connectivity index (χ1) is 11.3. The summed E-state index contributed by atoms with van der Waals surface area (Å²) in [5.74, 6) is -0.269. The number of hydrogen-bond acceptors (Lipinski definition) is 4. The van der Waals surface area contributed by atoms with Gasteiger partial charge in [-0.05, 0) is 37.3 Å². The van der Waals surface area contributed by atoms with E-state index in [0.717, 1.165) is 12.1 Å². The Hall–Kier alpha value is -2.90. The molecule has 0 aliphatic rings. The lowest BCUT2D eigenvalue weighted by Crippen LogP contribution is -2.24. The van der Waals surface area contributed by atoms with E-state index in [1.165, 1.54) is 24.3 Å². The van der Waals surface area contributed by atoms with Crippen molar-refractivity contribution in [1.29, 1.82) is 0 Å². The number of aryl methyl sites for hydroxylation is 1. The highest BCUT2D eigenvalue weighted by molar-refractivity contribution is 5.92. The second kappa shape index (κ2) is 7.12. The summed E-state index contributed by atoms with van der Waals surface area (Å²) < 4.78 is 37.6. The quantitative estimate of drug-likeness (QED) is 0.821. The average Bonchev–Trinajstić information content (AvgIpc) is 2.51. The Bertz CT molecular complexity index is 742. The molecule has 1 amide bonds. The highest BCUT2D eigenvalue weighted by atomic mass is 19.4. The van der Waals surface area contributed by atoms with E-state index in [1.807, 2.05) is 0 Å². The molecule has 0 aliphatic carbocycles. The van der Waals surface area contributed by atoms with Gasteiger partial charge >= 0.3 is 6.18 Å². The molecule has 0 fully saturated rings. The highest BCUT2D eigenvalue weighted by Gasteiger charge is 2.29. The molecule has 0 atom stereocenters. The monoisotopic (exact) mass is 336 g/mol. The largest absolute Gasteiger partial charge is 0.416 e. The van der Waals surface area contributed by atoms with Crippen LogP contribution in [-0.4, -0.2) is 22.4 Å². The van der Waals surface area contributed by atoms with Crippen LogP contribution in [0.25, 0.3) is 0 Å². The van der Waals surface area contributed by atoms with Crippen molar-refractivity contribution in [3.8, 4) is 0 Å². The van der Waals surface area contributed by atoms with Gasteiger partial charge in [0, 0.05) is 17.9 Å². The normalized spacial score (nSPS) is 11.0. The van der Waals surface area contributed by atoms with Crippen molar-refractivity contribution in [1.82, 2.24) is 15.3 Å². The van der Waals surface area contributed by atoms with Crippen molar-refractivity contribution in [3.05, 3.63) is 59.9 Å². The fourth-order valence-electron chi connectivity index (χ4n) is 1.87. The van der Waals surface area contributed by atoms with Gasteiger partial charge in [0.05, 0.1) is 5.56 Å². The molecule has 1 heterocycles. The Balaban J connectivity index is 2.19. The summed E-state index contributed by atoms with van der Waals surface area (Å²) in [4.78, 5) is 20.1. The number of nitrogens with one attached hydrogen (secondary N) is 2. The molecule has 5 nitrogen and oxygen atoms in total. The van der Waals surface area contributed by atoms with Crippen molar-refractivity contribution in [2.75, 3.05) is 11.9 Å². The molecule has 0 radical (unpaired) electrons. The number of rotatable bonds is 5. The van der Waals surface area contributed by atoms with E-state index in [4.69, 9.17) is 0 Å². The van der Waals surface area contributed by atoms with E-state index in [0.29, 0.717) is 17.9 Å². The zero-order valence-corrected chi connectivity index (χ0v) is 12.8. The Morgan fingerprint density at radius 1 is 1.25 bits per heavy atom. The third-order valence-electron chi connectivity index (χ3n) is 2.96. The summed E-state index contributed by atoms with van der Waals surface area (Å²) in [6, 6.07) is 5.96. The third-order valence-corrected chi connectivity index (χ3v) is 2.96. The van der Waals surface area contributed by atoms with Crippen molar-refractivity contribution < 1.29 is 18.0 Å². The molecule has 0 bridgehead atoms. The van der Waals surface area contributed by atoms with E-state index in [-0.39, 0.29) is 11.6 Å². The Kier molecular flexibility index (Phi) is 5.18. The number of alkyl halides is 3. The first kappa shape index (κ1) is 17.5. The molecule has 0 spiro atoms. The molecule has 1 aromatic heterocycles. The van der Waals surface area contributed by atoms with E-state index >= 15 is 0 Å². The van der Waals surface area contributed by atoms with Gasteiger partial charge in [0.2, 0.25) is 5.95 Å². The van der Waals surface area contributed by atoms with Crippen LogP contribution in [0, 0.1) is 6.92 Å². The van der Waals surface area contributed by atoms with Gasteiger partial charge in [-0.3, -0.25) is 4.79 Å². The number of hydrogen-bond donors (Lipinski definition) is 2. The van der Waals surface area contributed by atoms with Gasteiger partial charge in [0.25, 0.3) is 5.91 Å². The van der Waals surface area contributed by atoms with Gasteiger partial charge in [-0.25, -0.2) is 9.97 Å². The minimum absolute atomic E-state index is 0.124. The lowest BCUT2D eigenvalue weighted by atomic mass is 10.2. The molecule has 24 heavy (non-hydrogen) atoms. The zero-order chi connectivity index (χ0) is 17.7. The van der Waals surface area contributed by atoms with Crippen LogP contribution >= 0.6 is 0 Å². The molecule has 126 valence electrons. The zero-order valence-electron chi connectivity index (χ0n) is 12.8. The number of nitrogens with zero attached hydrogens (tertiary/aromatic N) is 2. The molecule has 2 N–H and O–H groups in total. The summed E-state index contributed by atoms with van der Waals surface area (Å²) in [5.41, 5.74) is 0.329. The minimum Gasteiger partial charge on any atom is -0.347 e. The first-order valence-electron chi connectivity index (χ1n) is 6.98. The van der Waals surface area contributed by atoms with Gasteiger partial charge in [0.1, 0.15) is 5.69 Å². The second-order valence-electron chi connectivity index (χ2n) is 4.92. The maximum atomic E-state index is 12.5. The standard InChI is InChI=1S/C16H15F3N4O/c1-3-8-20-14(24)13-9-10(2)21-15(23-13)22-12-6-4-11(5-7-12)16(17,18)19/h3-7,9H,1,8H2,2H3,(H,20,24)(H,21,22,23). The Labute approximate surface area is 136 Å². The SMILES string of the molecule is C=CCNC(=O)c1cc(C)nc(Nc2ccc(C(F)(F)F)cc2)n1. The molecule has 8 heteroatoms. The predicted octanol–water partition coefficient (Wildman–Crippen LogP) is 3.46. The van der Waals surface area contributed by atoms with Crippen molar-refractivity contribution >= 4 is 17.5 Å². The van der Waals surface area contributed by atoms with E-state index in [2.05, 4.69) is 27.2 Å². The van der Waals surface area contributed by atoms with Crippen molar-refractivity contribution in [2.24, 2.45) is 0 Å². The van der Waals surface area contributed by atoms with Crippen LogP contribution in [-0.2, 0) is 6.18 Å². The molecular weight excluding hydrogens is 321 g/mol. The van der Waals surface area contributed by atoms with Crippen molar-refractivity contribution in [2.45, 2.75) is 13.1 Å². The molecule has 0 unspecified atom stereocenters. The lowest BCUT2D eigenvalue weighted by Gasteiger charge is -2.10. The average molecular weight is 336 g/mol. The van der Waals surface area contributed by atoms with E-state index in [1.54, 1.807) is 6.92 Å². The van der Waals surface area contributed by atoms with Crippen LogP contribution in [0.1, 0.15) is 21.7 Å². The Morgan fingerprint density at radius 3 is 2.50 bits per heavy atom. The number of carbonyl (C=O) groups is 1. The molecule has 1 aromatic carbocycles. The maximum Gasteiger partial charge on any atom is 0.416 e.